The van der Waals surface area contributed by atoms with E-state index in [1.54, 1.807) is 14.2 Å². The van der Waals surface area contributed by atoms with Crippen LogP contribution in [0.25, 0.3) is 0 Å². The molecular weight excluding hydrogens is 266 g/mol. The molecule has 0 aliphatic rings. The number of aryl methyl sites for hydroxylation is 1. The number of nitrogens with zero attached hydrogens (tertiary/aromatic N) is 3. The molecule has 0 spiro atoms. The fraction of sp³-hybridized carbons (Fsp3) is 0.438. The topological polar surface area (TPSA) is 39.5 Å². The molecule has 5 heteroatoms. The van der Waals surface area contributed by atoms with Crippen LogP contribution < -0.4 is 9.47 Å². The molecule has 2 rings (SSSR count). The first kappa shape index (κ1) is 15.4. The summed E-state index contributed by atoms with van der Waals surface area (Å²) in [5.41, 5.74) is 1.22. The zero-order chi connectivity index (χ0) is 15.1. The van der Waals surface area contributed by atoms with E-state index in [0.29, 0.717) is 0 Å². The van der Waals surface area contributed by atoms with Gasteiger partial charge in [-0.15, -0.1) is 0 Å². The first-order valence-electron chi connectivity index (χ1n) is 7.08. The molecule has 0 fully saturated rings. The number of hydrogen-bond acceptors (Lipinski definition) is 4. The molecule has 0 atom stereocenters. The van der Waals surface area contributed by atoms with Crippen LogP contribution in [0.15, 0.2) is 36.9 Å². The minimum absolute atomic E-state index is 0.768. The average molecular weight is 289 g/mol. The van der Waals surface area contributed by atoms with Crippen LogP contribution in [0.3, 0.4) is 0 Å². The Morgan fingerprint density at radius 2 is 2.00 bits per heavy atom. The van der Waals surface area contributed by atoms with Gasteiger partial charge >= 0.3 is 0 Å². The summed E-state index contributed by atoms with van der Waals surface area (Å²) in [7, 11) is 5.45. The zero-order valence-corrected chi connectivity index (χ0v) is 13.0. The summed E-state index contributed by atoms with van der Waals surface area (Å²) in [6.45, 7) is 2.92. The number of imidazole rings is 1. The van der Waals surface area contributed by atoms with Crippen molar-refractivity contribution in [2.24, 2.45) is 0 Å². The molecule has 0 aliphatic carbocycles. The van der Waals surface area contributed by atoms with Gasteiger partial charge < -0.3 is 18.9 Å². The highest BCUT2D eigenvalue weighted by atomic mass is 16.5. The van der Waals surface area contributed by atoms with E-state index in [2.05, 4.69) is 27.6 Å². The van der Waals surface area contributed by atoms with Gasteiger partial charge in [0, 0.05) is 25.5 Å². The SMILES string of the molecule is COc1ccc(CN(C)CCCn2ccnc2)cc1OC. The number of hydrogen-bond donors (Lipinski definition) is 0. The number of benzene rings is 1. The number of rotatable bonds is 8. The molecule has 0 saturated heterocycles. The molecule has 0 unspecified atom stereocenters. The van der Waals surface area contributed by atoms with E-state index >= 15 is 0 Å². The molecule has 1 aromatic heterocycles. The maximum atomic E-state index is 5.33. The fourth-order valence-corrected chi connectivity index (χ4v) is 2.31. The molecule has 0 saturated carbocycles. The van der Waals surface area contributed by atoms with E-state index in [9.17, 15) is 0 Å². The van der Waals surface area contributed by atoms with Crippen LogP contribution in [0.2, 0.25) is 0 Å². The van der Waals surface area contributed by atoms with Gasteiger partial charge in [-0.2, -0.15) is 0 Å². The second-order valence-corrected chi connectivity index (χ2v) is 5.08. The zero-order valence-electron chi connectivity index (χ0n) is 13.0. The van der Waals surface area contributed by atoms with Crippen LogP contribution in [0.4, 0.5) is 0 Å². The summed E-state index contributed by atoms with van der Waals surface area (Å²) in [5, 5.41) is 0. The van der Waals surface area contributed by atoms with E-state index in [1.807, 2.05) is 30.9 Å². The van der Waals surface area contributed by atoms with Crippen molar-refractivity contribution in [3.63, 3.8) is 0 Å². The van der Waals surface area contributed by atoms with Crippen molar-refractivity contribution in [3.8, 4) is 11.5 Å². The molecule has 2 aromatic rings. The molecule has 0 N–H and O–H groups in total. The lowest BCUT2D eigenvalue weighted by Crippen LogP contribution is -2.20. The third-order valence-electron chi connectivity index (χ3n) is 3.42. The first-order valence-corrected chi connectivity index (χ1v) is 7.08. The highest BCUT2D eigenvalue weighted by Crippen LogP contribution is 2.27. The van der Waals surface area contributed by atoms with E-state index in [-0.39, 0.29) is 0 Å². The number of aromatic nitrogens is 2. The highest BCUT2D eigenvalue weighted by molar-refractivity contribution is 5.42. The minimum Gasteiger partial charge on any atom is -0.493 e. The standard InChI is InChI=1S/C16H23N3O2/c1-18(8-4-9-19-10-7-17-13-19)12-14-5-6-15(20-2)16(11-14)21-3/h5-7,10-11,13H,4,8-9,12H2,1-3H3. The van der Waals surface area contributed by atoms with E-state index in [0.717, 1.165) is 37.6 Å². The van der Waals surface area contributed by atoms with Crippen molar-refractivity contribution in [2.45, 2.75) is 19.5 Å². The van der Waals surface area contributed by atoms with Gasteiger partial charge in [0.2, 0.25) is 0 Å². The van der Waals surface area contributed by atoms with Crippen LogP contribution in [0, 0.1) is 0 Å². The van der Waals surface area contributed by atoms with Gasteiger partial charge in [0.15, 0.2) is 11.5 Å². The third-order valence-corrected chi connectivity index (χ3v) is 3.42. The molecular formula is C16H23N3O2. The van der Waals surface area contributed by atoms with Crippen molar-refractivity contribution in [1.29, 1.82) is 0 Å². The van der Waals surface area contributed by atoms with Crippen molar-refractivity contribution in [3.05, 3.63) is 42.5 Å². The van der Waals surface area contributed by atoms with Crippen LogP contribution in [0.5, 0.6) is 11.5 Å². The Morgan fingerprint density at radius 1 is 1.19 bits per heavy atom. The summed E-state index contributed by atoms with van der Waals surface area (Å²) < 4.78 is 12.7. The minimum atomic E-state index is 0.768. The van der Waals surface area contributed by atoms with Gasteiger partial charge in [0.1, 0.15) is 0 Å². The van der Waals surface area contributed by atoms with Gasteiger partial charge in [-0.25, -0.2) is 4.98 Å². The van der Waals surface area contributed by atoms with Crippen molar-refractivity contribution >= 4 is 0 Å². The quantitative estimate of drug-likeness (QED) is 0.748. The Bertz CT molecular complexity index is 540. The molecule has 21 heavy (non-hydrogen) atoms. The predicted molar refractivity (Wildman–Crippen MR) is 82.7 cm³/mol. The molecule has 1 heterocycles. The number of ether oxygens (including phenoxy) is 2. The Balaban J connectivity index is 1.83. The van der Waals surface area contributed by atoms with E-state index in [4.69, 9.17) is 9.47 Å². The van der Waals surface area contributed by atoms with Gasteiger partial charge in [-0.1, -0.05) is 6.07 Å². The molecule has 0 radical (unpaired) electrons. The lowest BCUT2D eigenvalue weighted by molar-refractivity contribution is 0.312. The Morgan fingerprint density at radius 3 is 2.67 bits per heavy atom. The Hall–Kier alpha value is -2.01. The summed E-state index contributed by atoms with van der Waals surface area (Å²) >= 11 is 0. The third kappa shape index (κ3) is 4.49. The Kier molecular flexibility index (Phi) is 5.63. The molecule has 114 valence electrons. The average Bonchev–Trinajstić information content (AvgIpc) is 3.00. The van der Waals surface area contributed by atoms with Crippen molar-refractivity contribution in [1.82, 2.24) is 14.5 Å². The molecule has 0 amide bonds. The first-order chi connectivity index (χ1) is 10.2. The smallest absolute Gasteiger partial charge is 0.161 e. The summed E-state index contributed by atoms with van der Waals surface area (Å²) in [4.78, 5) is 6.35. The van der Waals surface area contributed by atoms with Crippen LogP contribution in [-0.4, -0.2) is 42.3 Å². The van der Waals surface area contributed by atoms with Gasteiger partial charge in [0.05, 0.1) is 20.5 Å². The normalized spacial score (nSPS) is 10.9. The van der Waals surface area contributed by atoms with Crippen LogP contribution in [0.1, 0.15) is 12.0 Å². The maximum Gasteiger partial charge on any atom is 0.161 e. The second kappa shape index (κ2) is 7.69. The van der Waals surface area contributed by atoms with Gasteiger partial charge in [-0.05, 0) is 37.7 Å². The summed E-state index contributed by atoms with van der Waals surface area (Å²) in [6.07, 6.45) is 6.76. The van der Waals surface area contributed by atoms with E-state index in [1.165, 1.54) is 5.56 Å². The largest absolute Gasteiger partial charge is 0.493 e. The lowest BCUT2D eigenvalue weighted by atomic mass is 10.2. The predicted octanol–water partition coefficient (Wildman–Crippen LogP) is 2.42. The molecule has 1 aromatic carbocycles. The monoisotopic (exact) mass is 289 g/mol. The van der Waals surface area contributed by atoms with Crippen molar-refractivity contribution < 1.29 is 9.47 Å². The molecule has 5 nitrogen and oxygen atoms in total. The fourth-order valence-electron chi connectivity index (χ4n) is 2.31. The summed E-state index contributed by atoms with van der Waals surface area (Å²) in [6, 6.07) is 6.06. The van der Waals surface area contributed by atoms with Gasteiger partial charge in [-0.3, -0.25) is 0 Å². The Labute approximate surface area is 126 Å². The summed E-state index contributed by atoms with van der Waals surface area (Å²) in [5.74, 6) is 1.55. The second-order valence-electron chi connectivity index (χ2n) is 5.08. The highest BCUT2D eigenvalue weighted by Gasteiger charge is 2.06. The molecule has 0 bridgehead atoms. The number of methoxy groups -OCH3 is 2. The lowest BCUT2D eigenvalue weighted by Gasteiger charge is -2.18. The van der Waals surface area contributed by atoms with Gasteiger partial charge in [0.25, 0.3) is 0 Å². The maximum absolute atomic E-state index is 5.33. The van der Waals surface area contributed by atoms with Crippen LogP contribution >= 0.6 is 0 Å². The molecule has 0 aliphatic heterocycles. The van der Waals surface area contributed by atoms with Crippen LogP contribution in [-0.2, 0) is 13.1 Å². The van der Waals surface area contributed by atoms with Crippen molar-refractivity contribution in [2.75, 3.05) is 27.8 Å². The van der Waals surface area contributed by atoms with E-state index < -0.39 is 0 Å².